The number of ether oxygens (including phenoxy) is 1. The number of hydrogen-bond donors (Lipinski definition) is 1. The molecule has 0 radical (unpaired) electrons. The van der Waals surface area contributed by atoms with E-state index < -0.39 is 0 Å². The van der Waals surface area contributed by atoms with Crippen LogP contribution in [0.15, 0.2) is 18.3 Å². The Hall–Kier alpha value is -2.29. The highest BCUT2D eigenvalue weighted by Crippen LogP contribution is 2.18. The number of carbonyl (C=O) groups excluding carboxylic acids is 1. The quantitative estimate of drug-likeness (QED) is 0.911. The Morgan fingerprint density at radius 1 is 1.60 bits per heavy atom. The minimum atomic E-state index is -0.245. The molecule has 6 heteroatoms. The Labute approximate surface area is 118 Å². The van der Waals surface area contributed by atoms with Crippen LogP contribution in [0.25, 0.3) is 0 Å². The molecular weight excluding hydrogens is 256 g/mol. The summed E-state index contributed by atoms with van der Waals surface area (Å²) in [6.45, 7) is 3.54. The summed E-state index contributed by atoms with van der Waals surface area (Å²) in [5, 5.41) is 12.3. The van der Waals surface area contributed by atoms with Gasteiger partial charge in [-0.3, -0.25) is 0 Å². The van der Waals surface area contributed by atoms with E-state index in [2.05, 4.69) is 16.4 Å². The predicted molar refractivity (Wildman–Crippen MR) is 74.2 cm³/mol. The molecule has 0 bridgehead atoms. The van der Waals surface area contributed by atoms with Crippen molar-refractivity contribution < 1.29 is 9.53 Å². The minimum absolute atomic E-state index is 0.245. The first-order valence-electron chi connectivity index (χ1n) is 6.78. The van der Waals surface area contributed by atoms with Crippen molar-refractivity contribution >= 4 is 11.8 Å². The molecule has 2 heterocycles. The molecule has 0 aromatic carbocycles. The van der Waals surface area contributed by atoms with E-state index in [1.165, 1.54) is 0 Å². The largest absolute Gasteiger partial charge is 0.450 e. The summed E-state index contributed by atoms with van der Waals surface area (Å²) in [5.41, 5.74) is 1.16. The van der Waals surface area contributed by atoms with Crippen molar-refractivity contribution in [1.82, 2.24) is 9.88 Å². The average Bonchev–Trinajstić information content (AvgIpc) is 2.49. The van der Waals surface area contributed by atoms with E-state index in [4.69, 9.17) is 10.00 Å². The maximum Gasteiger partial charge on any atom is 0.409 e. The smallest absolute Gasteiger partial charge is 0.409 e. The van der Waals surface area contributed by atoms with Crippen molar-refractivity contribution in [2.75, 3.05) is 25.0 Å². The average molecular weight is 274 g/mol. The summed E-state index contributed by atoms with van der Waals surface area (Å²) in [6, 6.07) is 5.97. The highest BCUT2D eigenvalue weighted by molar-refractivity contribution is 5.67. The number of pyridine rings is 1. The molecule has 20 heavy (non-hydrogen) atoms. The number of nitrogens with one attached hydrogen (secondary N) is 1. The Bertz CT molecular complexity index is 504. The molecule has 2 rings (SSSR count). The van der Waals surface area contributed by atoms with E-state index >= 15 is 0 Å². The fraction of sp³-hybridized carbons (Fsp3) is 0.500. The molecule has 0 unspecified atom stereocenters. The van der Waals surface area contributed by atoms with Crippen LogP contribution in [0, 0.1) is 11.3 Å². The summed E-state index contributed by atoms with van der Waals surface area (Å²) in [5.74, 6) is 0. The van der Waals surface area contributed by atoms with Crippen LogP contribution in [-0.4, -0.2) is 41.7 Å². The third kappa shape index (κ3) is 3.38. The lowest BCUT2D eigenvalue weighted by Gasteiger charge is -2.32. The van der Waals surface area contributed by atoms with Crippen molar-refractivity contribution in [2.45, 2.75) is 25.8 Å². The predicted octanol–water partition coefficient (Wildman–Crippen LogP) is 1.99. The fourth-order valence-corrected chi connectivity index (χ4v) is 2.25. The fourth-order valence-electron chi connectivity index (χ4n) is 2.25. The van der Waals surface area contributed by atoms with Gasteiger partial charge in [0.1, 0.15) is 6.07 Å². The summed E-state index contributed by atoms with van der Waals surface area (Å²) in [7, 11) is 0. The van der Waals surface area contributed by atoms with Crippen LogP contribution in [0.1, 0.15) is 25.5 Å². The molecule has 6 nitrogen and oxygen atoms in total. The number of piperidine rings is 1. The normalized spacial score (nSPS) is 15.5. The molecule has 1 N–H and O–H groups in total. The molecule has 0 spiro atoms. The van der Waals surface area contributed by atoms with Crippen molar-refractivity contribution in [3.8, 4) is 6.07 Å². The zero-order valence-electron chi connectivity index (χ0n) is 11.5. The summed E-state index contributed by atoms with van der Waals surface area (Å²) < 4.78 is 4.98. The van der Waals surface area contributed by atoms with Gasteiger partial charge in [0.2, 0.25) is 0 Å². The lowest BCUT2D eigenvalue weighted by atomic mass is 10.0. The Morgan fingerprint density at radius 2 is 2.35 bits per heavy atom. The lowest BCUT2D eigenvalue weighted by molar-refractivity contribution is 0.0983. The second kappa shape index (κ2) is 6.75. The first-order chi connectivity index (χ1) is 9.74. The Balaban J connectivity index is 1.89. The maximum atomic E-state index is 11.6. The number of aromatic nitrogens is 1. The number of nitriles is 1. The topological polar surface area (TPSA) is 78.2 Å². The second-order valence-corrected chi connectivity index (χ2v) is 4.62. The minimum Gasteiger partial charge on any atom is -0.450 e. The molecule has 1 fully saturated rings. The van der Waals surface area contributed by atoms with Crippen molar-refractivity contribution in [1.29, 1.82) is 5.26 Å². The van der Waals surface area contributed by atoms with E-state index in [1.54, 1.807) is 24.1 Å². The molecular formula is C14H18N4O2. The zero-order valence-corrected chi connectivity index (χ0v) is 11.5. The van der Waals surface area contributed by atoms with Crippen molar-refractivity contribution in [2.24, 2.45) is 0 Å². The van der Waals surface area contributed by atoms with Gasteiger partial charge in [0.05, 0.1) is 12.3 Å². The second-order valence-electron chi connectivity index (χ2n) is 4.62. The highest BCUT2D eigenvalue weighted by Gasteiger charge is 2.23. The van der Waals surface area contributed by atoms with Gasteiger partial charge in [-0.1, -0.05) is 0 Å². The number of hydrogen-bond acceptors (Lipinski definition) is 5. The van der Waals surface area contributed by atoms with Gasteiger partial charge in [-0.05, 0) is 31.9 Å². The monoisotopic (exact) mass is 274 g/mol. The SMILES string of the molecule is CCOC(=O)N1CCC(Nc2cccnc2C#N)CC1. The number of nitrogens with zero attached hydrogens (tertiary/aromatic N) is 3. The van der Waals surface area contributed by atoms with Gasteiger partial charge < -0.3 is 15.0 Å². The molecule has 106 valence electrons. The van der Waals surface area contributed by atoms with E-state index in [9.17, 15) is 4.79 Å². The molecule has 1 amide bonds. The molecule has 0 aliphatic carbocycles. The van der Waals surface area contributed by atoms with E-state index in [1.807, 2.05) is 6.07 Å². The van der Waals surface area contributed by atoms with Gasteiger partial charge in [0.25, 0.3) is 0 Å². The van der Waals surface area contributed by atoms with Gasteiger partial charge in [-0.15, -0.1) is 0 Å². The number of anilines is 1. The number of likely N-dealkylation sites (tertiary alicyclic amines) is 1. The number of carbonyl (C=O) groups is 1. The first kappa shape index (κ1) is 14.1. The number of rotatable bonds is 3. The molecule has 1 aliphatic heterocycles. The van der Waals surface area contributed by atoms with Crippen LogP contribution in [0.2, 0.25) is 0 Å². The van der Waals surface area contributed by atoms with Crippen LogP contribution >= 0.6 is 0 Å². The molecule has 1 aliphatic rings. The first-order valence-corrected chi connectivity index (χ1v) is 6.78. The van der Waals surface area contributed by atoms with Crippen molar-refractivity contribution in [3.05, 3.63) is 24.0 Å². The van der Waals surface area contributed by atoms with Gasteiger partial charge in [0, 0.05) is 25.3 Å². The zero-order chi connectivity index (χ0) is 14.4. The molecule has 0 saturated carbocycles. The molecule has 1 aromatic heterocycles. The lowest BCUT2D eigenvalue weighted by Crippen LogP contribution is -2.42. The summed E-state index contributed by atoms with van der Waals surface area (Å²) in [6.07, 6.45) is 3.02. The Morgan fingerprint density at radius 3 is 3.00 bits per heavy atom. The maximum absolute atomic E-state index is 11.6. The Kier molecular flexibility index (Phi) is 4.77. The third-order valence-electron chi connectivity index (χ3n) is 3.29. The molecule has 1 saturated heterocycles. The van der Waals surface area contributed by atoms with Gasteiger partial charge >= 0.3 is 6.09 Å². The van der Waals surface area contributed by atoms with Crippen molar-refractivity contribution in [3.63, 3.8) is 0 Å². The standard InChI is InChI=1S/C14H18N4O2/c1-2-20-14(19)18-8-5-11(6-9-18)17-12-4-3-7-16-13(12)10-15/h3-4,7,11,17H,2,5-6,8-9H2,1H3. The third-order valence-corrected chi connectivity index (χ3v) is 3.29. The van der Waals surface area contributed by atoms with E-state index in [-0.39, 0.29) is 12.1 Å². The summed E-state index contributed by atoms with van der Waals surface area (Å²) >= 11 is 0. The molecule has 0 atom stereocenters. The van der Waals surface area contributed by atoms with E-state index in [0.29, 0.717) is 25.4 Å². The van der Waals surface area contributed by atoms with Crippen LogP contribution < -0.4 is 5.32 Å². The van der Waals surface area contributed by atoms with Gasteiger partial charge in [0.15, 0.2) is 5.69 Å². The van der Waals surface area contributed by atoms with E-state index in [0.717, 1.165) is 18.5 Å². The van der Waals surface area contributed by atoms with Gasteiger partial charge in [-0.25, -0.2) is 9.78 Å². The van der Waals surface area contributed by atoms with Gasteiger partial charge in [-0.2, -0.15) is 5.26 Å². The van der Waals surface area contributed by atoms with Crippen LogP contribution in [0.4, 0.5) is 10.5 Å². The summed E-state index contributed by atoms with van der Waals surface area (Å²) in [4.78, 5) is 17.3. The highest BCUT2D eigenvalue weighted by atomic mass is 16.6. The van der Waals surface area contributed by atoms with Crippen LogP contribution in [-0.2, 0) is 4.74 Å². The van der Waals surface area contributed by atoms with Crippen LogP contribution in [0.3, 0.4) is 0 Å². The number of amides is 1. The van der Waals surface area contributed by atoms with Crippen LogP contribution in [0.5, 0.6) is 0 Å². The molecule has 1 aromatic rings.